The van der Waals surface area contributed by atoms with Gasteiger partial charge in [-0.2, -0.15) is 0 Å². The zero-order chi connectivity index (χ0) is 25.2. The first-order valence-electron chi connectivity index (χ1n) is 12.9. The number of allylic oxidation sites excluding steroid dienone is 1. The minimum Gasteiger partial charge on any atom is -0.507 e. The first kappa shape index (κ1) is 24.2. The molecule has 2 aromatic rings. The zero-order valence-electron chi connectivity index (χ0n) is 21.0. The molecular formula is C28H38N6O2. The van der Waals surface area contributed by atoms with Crippen LogP contribution >= 0.6 is 0 Å². The van der Waals surface area contributed by atoms with Crippen LogP contribution in [0.2, 0.25) is 0 Å². The Kier molecular flexibility index (Phi) is 6.87. The fraction of sp³-hybridized carbons (Fsp3) is 0.429. The molecule has 0 radical (unpaired) electrons. The number of para-hydroxylation sites is 1. The van der Waals surface area contributed by atoms with Crippen LogP contribution in [0.4, 0.5) is 5.69 Å². The van der Waals surface area contributed by atoms with Gasteiger partial charge in [-0.1, -0.05) is 18.2 Å². The molecule has 3 saturated heterocycles. The van der Waals surface area contributed by atoms with Crippen molar-refractivity contribution in [2.75, 3.05) is 38.1 Å². The molecule has 7 N–H and O–H groups in total. The number of ether oxygens (including phenoxy) is 1. The topological polar surface area (TPSA) is 117 Å². The second-order valence-corrected chi connectivity index (χ2v) is 10.3. The van der Waals surface area contributed by atoms with E-state index in [0.717, 1.165) is 57.6 Å². The Hall–Kier alpha value is -3.52. The van der Waals surface area contributed by atoms with Gasteiger partial charge >= 0.3 is 0 Å². The summed E-state index contributed by atoms with van der Waals surface area (Å²) < 4.78 is 6.37. The van der Waals surface area contributed by atoms with Crippen molar-refractivity contribution in [2.24, 2.45) is 17.2 Å². The summed E-state index contributed by atoms with van der Waals surface area (Å²) in [4.78, 5) is 7.13. The molecule has 0 saturated carbocycles. The Labute approximate surface area is 213 Å². The summed E-state index contributed by atoms with van der Waals surface area (Å²) in [5.74, 6) is 1.32. The highest BCUT2D eigenvalue weighted by atomic mass is 16.5. The van der Waals surface area contributed by atoms with E-state index in [0.29, 0.717) is 29.0 Å². The Morgan fingerprint density at radius 1 is 0.944 bits per heavy atom. The van der Waals surface area contributed by atoms with Crippen LogP contribution in [0.5, 0.6) is 11.5 Å². The van der Waals surface area contributed by atoms with E-state index >= 15 is 0 Å². The van der Waals surface area contributed by atoms with Crippen molar-refractivity contribution < 1.29 is 9.84 Å². The van der Waals surface area contributed by atoms with Crippen molar-refractivity contribution >= 4 is 11.4 Å². The molecule has 3 heterocycles. The summed E-state index contributed by atoms with van der Waals surface area (Å²) in [6.45, 7) is 3.77. The van der Waals surface area contributed by atoms with Crippen molar-refractivity contribution in [1.82, 2.24) is 9.80 Å². The number of likely N-dealkylation sites (tertiary alicyclic amines) is 2. The molecule has 8 heteroatoms. The summed E-state index contributed by atoms with van der Waals surface area (Å²) in [7, 11) is 2.17. The minimum atomic E-state index is 0.133. The van der Waals surface area contributed by atoms with Crippen molar-refractivity contribution in [1.29, 1.82) is 0 Å². The van der Waals surface area contributed by atoms with E-state index in [-0.39, 0.29) is 17.7 Å². The first-order valence-corrected chi connectivity index (χ1v) is 12.9. The summed E-state index contributed by atoms with van der Waals surface area (Å²) in [5, 5.41) is 10.2. The van der Waals surface area contributed by atoms with Gasteiger partial charge in [0.15, 0.2) is 0 Å². The van der Waals surface area contributed by atoms with Gasteiger partial charge in [-0.05, 0) is 63.1 Å². The van der Waals surface area contributed by atoms with E-state index in [9.17, 15) is 5.11 Å². The molecule has 0 spiro atoms. The van der Waals surface area contributed by atoms with Gasteiger partial charge in [-0.15, -0.1) is 0 Å². The molecule has 3 fully saturated rings. The number of anilines is 1. The lowest BCUT2D eigenvalue weighted by Crippen LogP contribution is -2.53. The van der Waals surface area contributed by atoms with Crippen molar-refractivity contribution in [3.05, 3.63) is 71.7 Å². The average molecular weight is 491 g/mol. The Balaban J connectivity index is 1.31. The molecule has 3 aliphatic rings. The van der Waals surface area contributed by atoms with Crippen molar-refractivity contribution in [3.8, 4) is 11.5 Å². The maximum absolute atomic E-state index is 10.2. The highest BCUT2D eigenvalue weighted by molar-refractivity contribution is 5.70. The zero-order valence-corrected chi connectivity index (χ0v) is 21.0. The number of hydrogen-bond donors (Lipinski definition) is 4. The van der Waals surface area contributed by atoms with Gasteiger partial charge in [0.05, 0.1) is 5.70 Å². The van der Waals surface area contributed by atoms with Crippen LogP contribution in [0.3, 0.4) is 0 Å². The van der Waals surface area contributed by atoms with E-state index in [2.05, 4.69) is 46.0 Å². The number of benzene rings is 2. The molecule has 192 valence electrons. The van der Waals surface area contributed by atoms with Gasteiger partial charge in [0.25, 0.3) is 0 Å². The number of piperidine rings is 1. The van der Waals surface area contributed by atoms with E-state index in [4.69, 9.17) is 21.9 Å². The van der Waals surface area contributed by atoms with Crippen molar-refractivity contribution in [3.63, 3.8) is 0 Å². The van der Waals surface area contributed by atoms with Gasteiger partial charge in [-0.25, -0.2) is 0 Å². The standard InChI is InChI=1S/C28H38N6O2/c1-32-13-11-22(12-14-32)36-23-6-4-5-19(15-23)34-20-9-10-21(34)18-33(17-20)26(28(30)31)16-25(29)24-7-2-3-8-27(24)35/h2-8,15-16,20-22,35H,9-14,17-18,29-31H2,1H3/b25-16-. The molecule has 8 nitrogen and oxygen atoms in total. The van der Waals surface area contributed by atoms with E-state index in [1.165, 1.54) is 5.69 Å². The monoisotopic (exact) mass is 490 g/mol. The minimum absolute atomic E-state index is 0.133. The lowest BCUT2D eigenvalue weighted by atomic mass is 10.1. The SMILES string of the molecule is CN1CCC(Oc2cccc(N3C4CCC3CN(C(/C=C(\N)c3ccccc3O)=C(N)N)C4)c2)CC1. The Morgan fingerprint density at radius 3 is 2.31 bits per heavy atom. The van der Waals surface area contributed by atoms with Gasteiger partial charge in [0.1, 0.15) is 23.4 Å². The number of piperazine rings is 1. The third-order valence-corrected chi connectivity index (χ3v) is 7.71. The van der Waals surface area contributed by atoms with Crippen LogP contribution in [0.1, 0.15) is 31.2 Å². The maximum Gasteiger partial charge on any atom is 0.124 e. The number of hydrogen-bond acceptors (Lipinski definition) is 8. The normalized spacial score (nSPS) is 23.1. The number of rotatable bonds is 6. The number of aromatic hydroxyl groups is 1. The largest absolute Gasteiger partial charge is 0.507 e. The molecule has 2 aromatic carbocycles. The Bertz CT molecular complexity index is 1120. The number of phenolic OH excluding ortho intramolecular Hbond substituents is 1. The summed E-state index contributed by atoms with van der Waals surface area (Å²) in [6.07, 6.45) is 6.42. The van der Waals surface area contributed by atoms with Crippen LogP contribution < -0.4 is 26.8 Å². The third-order valence-electron chi connectivity index (χ3n) is 7.71. The molecule has 0 amide bonds. The fourth-order valence-electron chi connectivity index (χ4n) is 5.83. The van der Waals surface area contributed by atoms with E-state index in [1.54, 1.807) is 24.3 Å². The lowest BCUT2D eigenvalue weighted by molar-refractivity contribution is 0.114. The predicted octanol–water partition coefficient (Wildman–Crippen LogP) is 2.60. The molecule has 2 bridgehead atoms. The summed E-state index contributed by atoms with van der Waals surface area (Å²) in [5.41, 5.74) is 21.5. The van der Waals surface area contributed by atoms with Crippen LogP contribution in [-0.4, -0.2) is 66.3 Å². The molecule has 3 aliphatic heterocycles. The smallest absolute Gasteiger partial charge is 0.124 e. The highest BCUT2D eigenvalue weighted by Gasteiger charge is 2.40. The molecular weight excluding hydrogens is 452 g/mol. The second-order valence-electron chi connectivity index (χ2n) is 10.3. The average Bonchev–Trinajstić information content (AvgIpc) is 3.13. The van der Waals surface area contributed by atoms with Crippen LogP contribution in [0, 0.1) is 0 Å². The predicted molar refractivity (Wildman–Crippen MR) is 144 cm³/mol. The molecule has 0 aliphatic carbocycles. The highest BCUT2D eigenvalue weighted by Crippen LogP contribution is 2.38. The molecule has 2 atom stereocenters. The number of phenols is 1. The molecule has 36 heavy (non-hydrogen) atoms. The summed E-state index contributed by atoms with van der Waals surface area (Å²) in [6, 6.07) is 16.3. The summed E-state index contributed by atoms with van der Waals surface area (Å²) >= 11 is 0. The number of nitrogens with zero attached hydrogens (tertiary/aromatic N) is 3. The quantitative estimate of drug-likeness (QED) is 0.457. The maximum atomic E-state index is 10.2. The second kappa shape index (κ2) is 10.2. The molecule has 0 aromatic heterocycles. The lowest BCUT2D eigenvalue weighted by Gasteiger charge is -2.44. The van der Waals surface area contributed by atoms with Gasteiger partial charge in [-0.3, -0.25) is 0 Å². The number of fused-ring (bicyclic) bond motifs is 2. The molecule has 2 unspecified atom stereocenters. The van der Waals surface area contributed by atoms with Crippen LogP contribution in [-0.2, 0) is 0 Å². The fourth-order valence-corrected chi connectivity index (χ4v) is 5.83. The van der Waals surface area contributed by atoms with E-state index in [1.807, 2.05) is 6.07 Å². The van der Waals surface area contributed by atoms with Crippen LogP contribution in [0.25, 0.3) is 5.70 Å². The number of nitrogens with two attached hydrogens (primary N) is 3. The Morgan fingerprint density at radius 2 is 1.64 bits per heavy atom. The van der Waals surface area contributed by atoms with Crippen LogP contribution in [0.15, 0.2) is 66.1 Å². The van der Waals surface area contributed by atoms with E-state index < -0.39 is 0 Å². The van der Waals surface area contributed by atoms with Crippen molar-refractivity contribution in [2.45, 2.75) is 43.9 Å². The third kappa shape index (κ3) is 5.04. The van der Waals surface area contributed by atoms with Gasteiger partial charge < -0.3 is 41.7 Å². The first-order chi connectivity index (χ1) is 17.4. The molecule has 5 rings (SSSR count). The van der Waals surface area contributed by atoms with Gasteiger partial charge in [0, 0.05) is 61.3 Å². The van der Waals surface area contributed by atoms with Gasteiger partial charge in [0.2, 0.25) is 0 Å².